The molecule has 0 aromatic carbocycles. The van der Waals surface area contributed by atoms with E-state index in [0.29, 0.717) is 0 Å². The summed E-state index contributed by atoms with van der Waals surface area (Å²) in [5.74, 6) is -2.46. The molecule has 0 aliphatic carbocycles. The highest BCUT2D eigenvalue weighted by Gasteiger charge is 2.45. The average Bonchev–Trinajstić information content (AvgIpc) is 2.49. The predicted molar refractivity (Wildman–Crippen MR) is 64.5 cm³/mol. The third-order valence-corrected chi connectivity index (χ3v) is 2.94. The smallest absolute Gasteiger partial charge is 0.313 e. The molecule has 0 bridgehead atoms. The Bertz CT molecular complexity index is 351. The number of hydroxylamine groups is 2. The number of hydrogen-bond donors (Lipinski definition) is 3. The van der Waals surface area contributed by atoms with Crippen molar-refractivity contribution in [2.45, 2.75) is 51.4 Å². The maximum atomic E-state index is 11.9. The molecule has 110 valence electrons. The number of carboxylic acid groups (broad SMARTS) is 1. The van der Waals surface area contributed by atoms with Crippen molar-refractivity contribution in [2.24, 2.45) is 5.92 Å². The third-order valence-electron chi connectivity index (χ3n) is 2.94. The molecule has 3 N–H and O–H groups in total. The summed E-state index contributed by atoms with van der Waals surface area (Å²) in [7, 11) is 0. The summed E-state index contributed by atoms with van der Waals surface area (Å²) in [5, 5.41) is 29.1. The van der Waals surface area contributed by atoms with Gasteiger partial charge in [0.15, 0.2) is 0 Å². The molecule has 7 nitrogen and oxygen atoms in total. The molecule has 0 radical (unpaired) electrons. The highest BCUT2D eigenvalue weighted by atomic mass is 16.6. The highest BCUT2D eigenvalue weighted by Crippen LogP contribution is 2.27. The second-order valence-electron chi connectivity index (χ2n) is 5.75. The molecule has 3 unspecified atom stereocenters. The topological polar surface area (TPSA) is 107 Å². The molecule has 0 spiro atoms. The van der Waals surface area contributed by atoms with Crippen LogP contribution in [0.25, 0.3) is 0 Å². The van der Waals surface area contributed by atoms with Gasteiger partial charge in [0.05, 0.1) is 18.1 Å². The summed E-state index contributed by atoms with van der Waals surface area (Å²) in [6.45, 7) is 5.08. The van der Waals surface area contributed by atoms with Crippen LogP contribution in [-0.4, -0.2) is 56.7 Å². The first-order valence-electron chi connectivity index (χ1n) is 6.20. The number of aliphatic hydroxyl groups is 1. The van der Waals surface area contributed by atoms with E-state index in [1.54, 1.807) is 20.8 Å². The maximum Gasteiger partial charge on any atom is 0.313 e. The molecule has 19 heavy (non-hydrogen) atoms. The fourth-order valence-corrected chi connectivity index (χ4v) is 2.07. The normalized spacial score (nSPS) is 28.4. The quantitative estimate of drug-likeness (QED) is 0.631. The molecule has 1 aliphatic heterocycles. The zero-order valence-corrected chi connectivity index (χ0v) is 11.4. The molecule has 0 aromatic rings. The summed E-state index contributed by atoms with van der Waals surface area (Å²) in [6, 6.07) is -0.756. The summed E-state index contributed by atoms with van der Waals surface area (Å²) in [4.78, 5) is 22.4. The second kappa shape index (κ2) is 5.85. The van der Waals surface area contributed by atoms with Gasteiger partial charge in [-0.3, -0.25) is 9.59 Å². The summed E-state index contributed by atoms with van der Waals surface area (Å²) in [5.41, 5.74) is -0.670. The molecule has 1 saturated heterocycles. The average molecular weight is 275 g/mol. The Kier molecular flexibility index (Phi) is 4.89. The van der Waals surface area contributed by atoms with E-state index in [2.05, 4.69) is 0 Å². The van der Waals surface area contributed by atoms with Crippen LogP contribution in [0.15, 0.2) is 0 Å². The number of aliphatic carboxylic acids is 1. The van der Waals surface area contributed by atoms with Gasteiger partial charge in [0.1, 0.15) is 5.60 Å². The van der Waals surface area contributed by atoms with E-state index >= 15 is 0 Å². The molecule has 0 saturated carbocycles. The Morgan fingerprint density at radius 1 is 1.37 bits per heavy atom. The summed E-state index contributed by atoms with van der Waals surface area (Å²) < 4.78 is 5.16. The van der Waals surface area contributed by atoms with Gasteiger partial charge in [-0.2, -0.15) is 5.06 Å². The van der Waals surface area contributed by atoms with Gasteiger partial charge in [0.2, 0.25) is 0 Å². The van der Waals surface area contributed by atoms with Gasteiger partial charge in [-0.25, -0.2) is 0 Å². The van der Waals surface area contributed by atoms with Gasteiger partial charge in [-0.15, -0.1) is 0 Å². The fourth-order valence-electron chi connectivity index (χ4n) is 2.07. The van der Waals surface area contributed by atoms with Crippen LogP contribution in [0, 0.1) is 5.92 Å². The van der Waals surface area contributed by atoms with Crippen LogP contribution in [0.3, 0.4) is 0 Å². The molecule has 3 atom stereocenters. The molecule has 1 rings (SSSR count). The van der Waals surface area contributed by atoms with Crippen molar-refractivity contribution >= 4 is 11.9 Å². The summed E-state index contributed by atoms with van der Waals surface area (Å²) in [6.07, 6.45) is -1.23. The first-order valence-corrected chi connectivity index (χ1v) is 6.20. The summed E-state index contributed by atoms with van der Waals surface area (Å²) >= 11 is 0. The molecule has 1 fully saturated rings. The first-order chi connectivity index (χ1) is 8.61. The monoisotopic (exact) mass is 275 g/mol. The number of carbonyl (C=O) groups excluding carboxylic acids is 1. The van der Waals surface area contributed by atoms with Gasteiger partial charge in [-0.05, 0) is 27.2 Å². The van der Waals surface area contributed by atoms with E-state index in [-0.39, 0.29) is 19.4 Å². The van der Waals surface area contributed by atoms with Crippen molar-refractivity contribution < 1.29 is 29.7 Å². The number of nitrogens with zero attached hydrogens (tertiary/aromatic N) is 1. The molecule has 1 heterocycles. The zero-order valence-electron chi connectivity index (χ0n) is 11.4. The minimum absolute atomic E-state index is 0.0552. The van der Waals surface area contributed by atoms with Crippen molar-refractivity contribution in [3.63, 3.8) is 0 Å². The number of esters is 1. The Hall–Kier alpha value is -1.18. The minimum atomic E-state index is -1.13. The lowest BCUT2D eigenvalue weighted by atomic mass is 9.98. The largest absolute Gasteiger partial charge is 0.481 e. The Labute approximate surface area is 111 Å². The first kappa shape index (κ1) is 15.9. The predicted octanol–water partition coefficient (Wildman–Crippen LogP) is 0.243. The zero-order chi connectivity index (χ0) is 14.8. The van der Waals surface area contributed by atoms with Gasteiger partial charge < -0.3 is 20.2 Å². The van der Waals surface area contributed by atoms with Crippen molar-refractivity contribution in [2.75, 3.05) is 6.54 Å². The van der Waals surface area contributed by atoms with E-state index < -0.39 is 35.6 Å². The third kappa shape index (κ3) is 4.45. The minimum Gasteiger partial charge on any atom is -0.481 e. The number of rotatable bonds is 4. The molecule has 0 aromatic heterocycles. The van der Waals surface area contributed by atoms with E-state index in [4.69, 9.17) is 9.84 Å². The number of carboxylic acids is 1. The van der Waals surface area contributed by atoms with Crippen molar-refractivity contribution in [3.05, 3.63) is 0 Å². The Morgan fingerprint density at radius 2 is 1.95 bits per heavy atom. The van der Waals surface area contributed by atoms with Crippen molar-refractivity contribution in [1.29, 1.82) is 0 Å². The van der Waals surface area contributed by atoms with E-state index in [1.807, 2.05) is 0 Å². The standard InChI is InChI=1S/C12H21NO6/c1-12(2,3)19-11(17)7-6-13(18)8(10(7)16)4-5-9(14)15/h7-8,10,16,18H,4-6H2,1-3H3,(H,14,15). The van der Waals surface area contributed by atoms with Gasteiger partial charge in [0, 0.05) is 13.0 Å². The number of hydrogen-bond acceptors (Lipinski definition) is 6. The van der Waals surface area contributed by atoms with Crippen LogP contribution >= 0.6 is 0 Å². The van der Waals surface area contributed by atoms with Crippen molar-refractivity contribution in [1.82, 2.24) is 5.06 Å². The Morgan fingerprint density at radius 3 is 2.42 bits per heavy atom. The van der Waals surface area contributed by atoms with Crippen LogP contribution in [0.2, 0.25) is 0 Å². The SMILES string of the molecule is CC(C)(C)OC(=O)C1CN(O)C(CCC(=O)O)C1O. The number of carbonyl (C=O) groups is 2. The molecular formula is C12H21NO6. The van der Waals surface area contributed by atoms with Crippen LogP contribution in [0.4, 0.5) is 0 Å². The number of ether oxygens (including phenoxy) is 1. The van der Waals surface area contributed by atoms with Gasteiger partial charge in [0.25, 0.3) is 0 Å². The van der Waals surface area contributed by atoms with Gasteiger partial charge in [-0.1, -0.05) is 0 Å². The second-order valence-corrected chi connectivity index (χ2v) is 5.75. The lowest BCUT2D eigenvalue weighted by molar-refractivity contribution is -0.163. The fraction of sp³-hybridized carbons (Fsp3) is 0.833. The van der Waals surface area contributed by atoms with Crippen LogP contribution in [-0.2, 0) is 14.3 Å². The molecular weight excluding hydrogens is 254 g/mol. The van der Waals surface area contributed by atoms with Crippen molar-refractivity contribution in [3.8, 4) is 0 Å². The van der Waals surface area contributed by atoms with E-state index in [9.17, 15) is 19.9 Å². The maximum absolute atomic E-state index is 11.9. The molecule has 7 heteroatoms. The van der Waals surface area contributed by atoms with E-state index in [1.165, 1.54) is 0 Å². The van der Waals surface area contributed by atoms with Gasteiger partial charge >= 0.3 is 11.9 Å². The van der Waals surface area contributed by atoms with Crippen LogP contribution in [0.5, 0.6) is 0 Å². The number of aliphatic hydroxyl groups excluding tert-OH is 1. The van der Waals surface area contributed by atoms with Crippen LogP contribution in [0.1, 0.15) is 33.6 Å². The van der Waals surface area contributed by atoms with E-state index in [0.717, 1.165) is 5.06 Å². The molecule has 1 aliphatic rings. The highest BCUT2D eigenvalue weighted by molar-refractivity contribution is 5.74. The molecule has 0 amide bonds. The van der Waals surface area contributed by atoms with Crippen LogP contribution < -0.4 is 0 Å². The Balaban J connectivity index is 2.64. The lowest BCUT2D eigenvalue weighted by Gasteiger charge is -2.23. The lowest BCUT2D eigenvalue weighted by Crippen LogP contribution is -2.37.